The number of aryl methyl sites for hydroxylation is 1. The van der Waals surface area contributed by atoms with Crippen LogP contribution in [-0.2, 0) is 0 Å². The lowest BCUT2D eigenvalue weighted by atomic mass is 9.98. The highest BCUT2D eigenvalue weighted by atomic mass is 16.1. The van der Waals surface area contributed by atoms with Gasteiger partial charge >= 0.3 is 0 Å². The number of hydrogen-bond donors (Lipinski definition) is 2. The largest absolute Gasteiger partial charge is 0.370 e. The second-order valence-electron chi connectivity index (χ2n) is 5.79. The van der Waals surface area contributed by atoms with Crippen molar-refractivity contribution in [2.45, 2.75) is 40.0 Å². The third kappa shape index (κ3) is 3.71. The number of carbonyl (C=O) groups is 1. The van der Waals surface area contributed by atoms with Crippen LogP contribution in [0, 0.1) is 18.8 Å². The highest BCUT2D eigenvalue weighted by Crippen LogP contribution is 2.30. The maximum atomic E-state index is 12.3. The number of carbonyl (C=O) groups excluding carboxylic acids is 1. The number of rotatable bonds is 5. The van der Waals surface area contributed by atoms with Crippen molar-refractivity contribution in [1.82, 2.24) is 10.3 Å². The van der Waals surface area contributed by atoms with Gasteiger partial charge in [-0.15, -0.1) is 0 Å². The van der Waals surface area contributed by atoms with Crippen LogP contribution in [0.5, 0.6) is 0 Å². The summed E-state index contributed by atoms with van der Waals surface area (Å²) in [4.78, 5) is 16.6. The van der Waals surface area contributed by atoms with E-state index in [-0.39, 0.29) is 5.91 Å². The molecule has 2 atom stereocenters. The molecule has 0 saturated heterocycles. The van der Waals surface area contributed by atoms with Gasteiger partial charge in [0.25, 0.3) is 5.91 Å². The van der Waals surface area contributed by atoms with Crippen molar-refractivity contribution in [3.8, 4) is 0 Å². The van der Waals surface area contributed by atoms with E-state index in [0.717, 1.165) is 30.5 Å². The Labute approximate surface area is 121 Å². The second-order valence-corrected chi connectivity index (χ2v) is 5.79. The first kappa shape index (κ1) is 14.8. The Hall–Kier alpha value is -1.58. The summed E-state index contributed by atoms with van der Waals surface area (Å²) in [5.74, 6) is 2.14. The van der Waals surface area contributed by atoms with Gasteiger partial charge in [0.15, 0.2) is 0 Å². The van der Waals surface area contributed by atoms with Crippen molar-refractivity contribution in [3.05, 3.63) is 23.4 Å². The maximum absolute atomic E-state index is 12.3. The molecule has 1 saturated carbocycles. The average molecular weight is 275 g/mol. The van der Waals surface area contributed by atoms with Gasteiger partial charge in [-0.2, -0.15) is 0 Å². The molecule has 1 heterocycles. The molecule has 1 aliphatic carbocycles. The number of nitrogens with one attached hydrogen (secondary N) is 2. The predicted molar refractivity (Wildman–Crippen MR) is 82.0 cm³/mol. The summed E-state index contributed by atoms with van der Waals surface area (Å²) < 4.78 is 0. The van der Waals surface area contributed by atoms with E-state index < -0.39 is 0 Å². The van der Waals surface area contributed by atoms with E-state index in [1.54, 1.807) is 0 Å². The van der Waals surface area contributed by atoms with Crippen molar-refractivity contribution < 1.29 is 4.79 Å². The van der Waals surface area contributed by atoms with Gasteiger partial charge in [0, 0.05) is 24.3 Å². The molecule has 2 N–H and O–H groups in total. The first-order chi connectivity index (χ1) is 9.60. The third-order valence-corrected chi connectivity index (χ3v) is 4.14. The molecule has 4 heteroatoms. The van der Waals surface area contributed by atoms with Crippen LogP contribution in [0.4, 0.5) is 5.82 Å². The second kappa shape index (κ2) is 6.73. The van der Waals surface area contributed by atoms with Gasteiger partial charge in [-0.05, 0) is 44.2 Å². The van der Waals surface area contributed by atoms with E-state index in [9.17, 15) is 4.79 Å². The fraction of sp³-hybridized carbons (Fsp3) is 0.625. The molecule has 1 aliphatic rings. The number of hydrogen-bond acceptors (Lipinski definition) is 3. The molecule has 1 aromatic rings. The SMILES string of the molecule is CCNc1cc(C(=O)NCC2CCCC2C)cc(C)n1. The summed E-state index contributed by atoms with van der Waals surface area (Å²) in [6.45, 7) is 7.81. The molecule has 2 unspecified atom stereocenters. The molecular weight excluding hydrogens is 250 g/mol. The molecule has 0 radical (unpaired) electrons. The van der Waals surface area contributed by atoms with Crippen molar-refractivity contribution in [2.75, 3.05) is 18.4 Å². The molecular formula is C16H25N3O. The topological polar surface area (TPSA) is 54.0 Å². The Kier molecular flexibility index (Phi) is 4.99. The number of aromatic nitrogens is 1. The normalized spacial score (nSPS) is 21.8. The van der Waals surface area contributed by atoms with Crippen LogP contribution in [0.3, 0.4) is 0 Å². The molecule has 0 aliphatic heterocycles. The molecule has 4 nitrogen and oxygen atoms in total. The van der Waals surface area contributed by atoms with Crippen LogP contribution in [0.15, 0.2) is 12.1 Å². The van der Waals surface area contributed by atoms with E-state index in [4.69, 9.17) is 0 Å². The molecule has 0 spiro atoms. The van der Waals surface area contributed by atoms with Crippen molar-refractivity contribution in [1.29, 1.82) is 0 Å². The lowest BCUT2D eigenvalue weighted by Crippen LogP contribution is -2.30. The minimum absolute atomic E-state index is 0.00810. The number of anilines is 1. The van der Waals surface area contributed by atoms with E-state index in [0.29, 0.717) is 11.5 Å². The Balaban J connectivity index is 1.97. The summed E-state index contributed by atoms with van der Waals surface area (Å²) in [6, 6.07) is 3.66. The fourth-order valence-corrected chi connectivity index (χ4v) is 2.92. The molecule has 2 rings (SSSR count). The first-order valence-electron chi connectivity index (χ1n) is 7.61. The molecule has 1 aromatic heterocycles. The number of pyridine rings is 1. The molecule has 20 heavy (non-hydrogen) atoms. The van der Waals surface area contributed by atoms with Gasteiger partial charge in [-0.25, -0.2) is 4.98 Å². The Bertz CT molecular complexity index is 473. The van der Waals surface area contributed by atoms with Crippen molar-refractivity contribution in [3.63, 3.8) is 0 Å². The van der Waals surface area contributed by atoms with Gasteiger partial charge < -0.3 is 10.6 Å². The van der Waals surface area contributed by atoms with Crippen LogP contribution < -0.4 is 10.6 Å². The zero-order valence-electron chi connectivity index (χ0n) is 12.7. The van der Waals surface area contributed by atoms with Gasteiger partial charge in [0.2, 0.25) is 0 Å². The minimum atomic E-state index is 0.00810. The fourth-order valence-electron chi connectivity index (χ4n) is 2.92. The molecule has 1 amide bonds. The summed E-state index contributed by atoms with van der Waals surface area (Å²) >= 11 is 0. The van der Waals surface area contributed by atoms with Gasteiger partial charge in [0.1, 0.15) is 5.82 Å². The molecule has 0 bridgehead atoms. The van der Waals surface area contributed by atoms with Crippen LogP contribution in [0.1, 0.15) is 49.2 Å². The van der Waals surface area contributed by atoms with Crippen molar-refractivity contribution >= 4 is 11.7 Å². The van der Waals surface area contributed by atoms with E-state index in [1.165, 1.54) is 19.3 Å². The minimum Gasteiger partial charge on any atom is -0.370 e. The predicted octanol–water partition coefficient (Wildman–Crippen LogP) is 2.99. The quantitative estimate of drug-likeness (QED) is 0.868. The number of nitrogens with zero attached hydrogens (tertiary/aromatic N) is 1. The molecule has 1 fully saturated rings. The highest BCUT2D eigenvalue weighted by Gasteiger charge is 2.23. The van der Waals surface area contributed by atoms with Crippen LogP contribution >= 0.6 is 0 Å². The molecule has 0 aromatic carbocycles. The Morgan fingerprint density at radius 2 is 2.20 bits per heavy atom. The van der Waals surface area contributed by atoms with Crippen LogP contribution in [0.2, 0.25) is 0 Å². The summed E-state index contributed by atoms with van der Waals surface area (Å²) in [7, 11) is 0. The van der Waals surface area contributed by atoms with Crippen molar-refractivity contribution in [2.24, 2.45) is 11.8 Å². The lowest BCUT2D eigenvalue weighted by molar-refractivity contribution is 0.0944. The van der Waals surface area contributed by atoms with Gasteiger partial charge in [0.05, 0.1) is 0 Å². The number of amides is 1. The third-order valence-electron chi connectivity index (χ3n) is 4.14. The monoisotopic (exact) mass is 275 g/mol. The zero-order valence-corrected chi connectivity index (χ0v) is 12.7. The maximum Gasteiger partial charge on any atom is 0.251 e. The lowest BCUT2D eigenvalue weighted by Gasteiger charge is -2.16. The smallest absolute Gasteiger partial charge is 0.251 e. The van der Waals surface area contributed by atoms with E-state index in [1.807, 2.05) is 26.0 Å². The average Bonchev–Trinajstić information content (AvgIpc) is 2.81. The van der Waals surface area contributed by atoms with Gasteiger partial charge in [-0.1, -0.05) is 19.8 Å². The summed E-state index contributed by atoms with van der Waals surface area (Å²) in [5, 5.41) is 6.23. The van der Waals surface area contributed by atoms with Crippen LogP contribution in [-0.4, -0.2) is 24.0 Å². The first-order valence-corrected chi connectivity index (χ1v) is 7.61. The standard InChI is InChI=1S/C16H25N3O/c1-4-17-15-9-14(8-12(3)19-15)16(20)18-10-13-7-5-6-11(13)2/h8-9,11,13H,4-7,10H2,1-3H3,(H,17,19)(H,18,20). The van der Waals surface area contributed by atoms with E-state index in [2.05, 4.69) is 22.5 Å². The van der Waals surface area contributed by atoms with Crippen LogP contribution in [0.25, 0.3) is 0 Å². The summed E-state index contributed by atoms with van der Waals surface area (Å²) in [6.07, 6.45) is 3.82. The Morgan fingerprint density at radius 3 is 2.85 bits per heavy atom. The van der Waals surface area contributed by atoms with E-state index >= 15 is 0 Å². The highest BCUT2D eigenvalue weighted by molar-refractivity contribution is 5.95. The molecule has 110 valence electrons. The Morgan fingerprint density at radius 1 is 1.40 bits per heavy atom. The van der Waals surface area contributed by atoms with Gasteiger partial charge in [-0.3, -0.25) is 4.79 Å². The zero-order chi connectivity index (χ0) is 14.5. The summed E-state index contributed by atoms with van der Waals surface area (Å²) in [5.41, 5.74) is 1.56.